The zero-order valence-corrected chi connectivity index (χ0v) is 18.5. The van der Waals surface area contributed by atoms with Gasteiger partial charge in [-0.3, -0.25) is 4.57 Å². The average molecular weight is 440 g/mol. The Balaban J connectivity index is 1.85. The third-order valence-electron chi connectivity index (χ3n) is 5.11. The SMILES string of the molecule is C=CNc1c(C(C)=N)n(-c2ccc(Oc3ccccc3)cc2)c(=O)n1-c1cccc(NC)c1. The molecule has 1 heterocycles. The topological polar surface area (TPSA) is 84.1 Å². The summed E-state index contributed by atoms with van der Waals surface area (Å²) < 4.78 is 8.94. The van der Waals surface area contributed by atoms with Crippen molar-refractivity contribution in [3.05, 3.63) is 108 Å². The van der Waals surface area contributed by atoms with Crippen molar-refractivity contribution < 1.29 is 4.74 Å². The molecular weight excluding hydrogens is 414 g/mol. The van der Waals surface area contributed by atoms with Gasteiger partial charge in [-0.05, 0) is 67.7 Å². The zero-order chi connectivity index (χ0) is 23.4. The number of rotatable bonds is 8. The molecule has 0 saturated carbocycles. The van der Waals surface area contributed by atoms with E-state index in [1.54, 1.807) is 35.8 Å². The van der Waals surface area contributed by atoms with Crippen LogP contribution in [0, 0.1) is 5.41 Å². The largest absolute Gasteiger partial charge is 0.457 e. The fourth-order valence-electron chi connectivity index (χ4n) is 3.65. The number of aromatic nitrogens is 2. The summed E-state index contributed by atoms with van der Waals surface area (Å²) in [5.41, 5.74) is 2.55. The van der Waals surface area contributed by atoms with Gasteiger partial charge in [0, 0.05) is 12.7 Å². The molecule has 0 saturated heterocycles. The van der Waals surface area contributed by atoms with Gasteiger partial charge in [-0.1, -0.05) is 30.8 Å². The molecule has 0 fully saturated rings. The monoisotopic (exact) mass is 439 g/mol. The van der Waals surface area contributed by atoms with Gasteiger partial charge in [0.1, 0.15) is 23.0 Å². The number of imidazole rings is 1. The number of ether oxygens (including phenoxy) is 1. The summed E-state index contributed by atoms with van der Waals surface area (Å²) in [5.74, 6) is 1.85. The second kappa shape index (κ2) is 9.32. The van der Waals surface area contributed by atoms with Crippen LogP contribution in [0.4, 0.5) is 11.5 Å². The third kappa shape index (κ3) is 4.29. The van der Waals surface area contributed by atoms with Crippen molar-refractivity contribution in [1.82, 2.24) is 9.13 Å². The Morgan fingerprint density at radius 3 is 2.27 bits per heavy atom. The van der Waals surface area contributed by atoms with E-state index in [0.717, 1.165) is 11.4 Å². The highest BCUT2D eigenvalue weighted by molar-refractivity contribution is 6.00. The molecule has 166 valence electrons. The molecule has 0 atom stereocenters. The number of hydrogen-bond acceptors (Lipinski definition) is 5. The maximum atomic E-state index is 13.7. The standard InChI is InChI=1S/C26H25N5O2/c1-4-29-25-24(18(2)27)30(26(32)31(25)21-10-8-9-19(17-21)28-3)20-13-15-23(16-14-20)33-22-11-6-5-7-12-22/h4-17,27-29H,1H2,2-3H3. The van der Waals surface area contributed by atoms with E-state index in [4.69, 9.17) is 10.1 Å². The number of nitrogens with zero attached hydrogens (tertiary/aromatic N) is 2. The Morgan fingerprint density at radius 2 is 1.64 bits per heavy atom. The summed E-state index contributed by atoms with van der Waals surface area (Å²) in [6.07, 6.45) is 1.50. The maximum absolute atomic E-state index is 13.7. The van der Waals surface area contributed by atoms with Crippen LogP contribution in [0.1, 0.15) is 12.6 Å². The first-order chi connectivity index (χ1) is 16.0. The molecule has 0 radical (unpaired) electrons. The molecule has 0 spiro atoms. The number of nitrogens with one attached hydrogen (secondary N) is 3. The van der Waals surface area contributed by atoms with Crippen molar-refractivity contribution in [2.45, 2.75) is 6.92 Å². The van der Waals surface area contributed by atoms with Crippen molar-refractivity contribution >= 4 is 17.2 Å². The molecule has 4 aromatic rings. The van der Waals surface area contributed by atoms with E-state index in [-0.39, 0.29) is 11.4 Å². The average Bonchev–Trinajstić information content (AvgIpc) is 3.12. The van der Waals surface area contributed by atoms with Crippen molar-refractivity contribution in [1.29, 1.82) is 5.41 Å². The summed E-state index contributed by atoms with van der Waals surface area (Å²) in [5, 5.41) is 14.6. The van der Waals surface area contributed by atoms with E-state index in [2.05, 4.69) is 17.2 Å². The molecule has 3 aromatic carbocycles. The number of anilines is 2. The molecule has 3 N–H and O–H groups in total. The van der Waals surface area contributed by atoms with E-state index in [9.17, 15) is 4.79 Å². The lowest BCUT2D eigenvalue weighted by molar-refractivity contribution is 0.482. The maximum Gasteiger partial charge on any atom is 0.339 e. The fourth-order valence-corrected chi connectivity index (χ4v) is 3.65. The minimum absolute atomic E-state index is 0.240. The van der Waals surface area contributed by atoms with Crippen LogP contribution in [-0.4, -0.2) is 21.9 Å². The highest BCUT2D eigenvalue weighted by atomic mass is 16.5. The van der Waals surface area contributed by atoms with Gasteiger partial charge in [-0.15, -0.1) is 0 Å². The minimum atomic E-state index is -0.300. The van der Waals surface area contributed by atoms with Gasteiger partial charge < -0.3 is 20.8 Å². The van der Waals surface area contributed by atoms with Gasteiger partial charge in [0.05, 0.1) is 17.1 Å². The molecule has 0 amide bonds. The Morgan fingerprint density at radius 1 is 0.939 bits per heavy atom. The van der Waals surface area contributed by atoms with Crippen LogP contribution in [0.3, 0.4) is 0 Å². The molecule has 0 bridgehead atoms. The predicted molar refractivity (Wildman–Crippen MR) is 134 cm³/mol. The minimum Gasteiger partial charge on any atom is -0.457 e. The zero-order valence-electron chi connectivity index (χ0n) is 18.5. The first-order valence-electron chi connectivity index (χ1n) is 10.5. The van der Waals surface area contributed by atoms with Crippen LogP contribution in [0.5, 0.6) is 11.5 Å². The van der Waals surface area contributed by atoms with Crippen molar-refractivity contribution in [3.63, 3.8) is 0 Å². The van der Waals surface area contributed by atoms with E-state index >= 15 is 0 Å². The molecule has 7 nitrogen and oxygen atoms in total. The smallest absolute Gasteiger partial charge is 0.339 e. The van der Waals surface area contributed by atoms with Gasteiger partial charge in [0.2, 0.25) is 0 Å². The Kier molecular flexibility index (Phi) is 6.13. The lowest BCUT2D eigenvalue weighted by atomic mass is 10.2. The Labute approximate surface area is 192 Å². The number of para-hydroxylation sites is 1. The van der Waals surface area contributed by atoms with Crippen LogP contribution in [0.2, 0.25) is 0 Å². The fraction of sp³-hybridized carbons (Fsp3) is 0.0769. The Hall–Kier alpha value is -4.52. The van der Waals surface area contributed by atoms with Crippen molar-refractivity contribution in [2.24, 2.45) is 0 Å². The summed E-state index contributed by atoms with van der Waals surface area (Å²) in [6.45, 7) is 5.41. The van der Waals surface area contributed by atoms with E-state index in [1.165, 1.54) is 10.8 Å². The van der Waals surface area contributed by atoms with Gasteiger partial charge in [0.15, 0.2) is 0 Å². The first kappa shape index (κ1) is 21.7. The van der Waals surface area contributed by atoms with Gasteiger partial charge >= 0.3 is 5.69 Å². The number of hydrogen-bond donors (Lipinski definition) is 3. The van der Waals surface area contributed by atoms with Crippen LogP contribution >= 0.6 is 0 Å². The second-order valence-electron chi connectivity index (χ2n) is 7.33. The summed E-state index contributed by atoms with van der Waals surface area (Å²) in [7, 11) is 1.82. The number of benzene rings is 3. The molecule has 4 rings (SSSR count). The van der Waals surface area contributed by atoms with Crippen LogP contribution in [0.25, 0.3) is 11.4 Å². The van der Waals surface area contributed by atoms with E-state index < -0.39 is 0 Å². The molecule has 0 aliphatic heterocycles. The second-order valence-corrected chi connectivity index (χ2v) is 7.33. The summed E-state index contributed by atoms with van der Waals surface area (Å²) in [6, 6.07) is 24.2. The summed E-state index contributed by atoms with van der Waals surface area (Å²) in [4.78, 5) is 13.7. The lowest BCUT2D eigenvalue weighted by Gasteiger charge is -2.11. The molecule has 1 aromatic heterocycles. The van der Waals surface area contributed by atoms with Crippen LogP contribution < -0.4 is 21.1 Å². The molecule has 0 aliphatic rings. The van der Waals surface area contributed by atoms with Gasteiger partial charge in [0.25, 0.3) is 0 Å². The molecular formula is C26H25N5O2. The highest BCUT2D eigenvalue weighted by Crippen LogP contribution is 2.27. The highest BCUT2D eigenvalue weighted by Gasteiger charge is 2.23. The summed E-state index contributed by atoms with van der Waals surface area (Å²) >= 11 is 0. The normalized spacial score (nSPS) is 10.5. The van der Waals surface area contributed by atoms with Crippen LogP contribution in [0.15, 0.2) is 96.4 Å². The van der Waals surface area contributed by atoms with Crippen LogP contribution in [-0.2, 0) is 0 Å². The molecule has 0 aliphatic carbocycles. The predicted octanol–water partition coefficient (Wildman–Crippen LogP) is 5.41. The molecule has 7 heteroatoms. The lowest BCUT2D eigenvalue weighted by Crippen LogP contribution is -2.23. The Bertz CT molecular complexity index is 1350. The van der Waals surface area contributed by atoms with Crippen molar-refractivity contribution in [3.8, 4) is 22.9 Å². The third-order valence-corrected chi connectivity index (χ3v) is 5.11. The van der Waals surface area contributed by atoms with Gasteiger partial charge in [-0.25, -0.2) is 9.36 Å². The first-order valence-corrected chi connectivity index (χ1v) is 10.5. The molecule has 33 heavy (non-hydrogen) atoms. The quantitative estimate of drug-likeness (QED) is 0.321. The van der Waals surface area contributed by atoms with Crippen molar-refractivity contribution in [2.75, 3.05) is 17.7 Å². The van der Waals surface area contributed by atoms with Gasteiger partial charge in [-0.2, -0.15) is 0 Å². The van der Waals surface area contributed by atoms with E-state index in [1.807, 2.05) is 61.6 Å². The van der Waals surface area contributed by atoms with E-state index in [0.29, 0.717) is 28.6 Å². The molecule has 0 unspecified atom stereocenters.